The van der Waals surface area contributed by atoms with Crippen molar-refractivity contribution in [3.05, 3.63) is 82.6 Å². The van der Waals surface area contributed by atoms with Crippen LogP contribution in [0, 0.1) is 12.8 Å². The molecule has 0 radical (unpaired) electrons. The third-order valence-corrected chi connectivity index (χ3v) is 5.71. The number of aryl methyl sites for hydroxylation is 1. The quantitative estimate of drug-likeness (QED) is 0.700. The molecular formula is C25H25NO3. The first-order valence-corrected chi connectivity index (χ1v) is 10.1. The lowest BCUT2D eigenvalue weighted by Gasteiger charge is -2.34. The zero-order valence-corrected chi connectivity index (χ0v) is 16.9. The zero-order chi connectivity index (χ0) is 20.4. The number of allylic oxidation sites excluding steroid dienone is 2. The van der Waals surface area contributed by atoms with Crippen molar-refractivity contribution in [1.29, 1.82) is 0 Å². The number of nitrogens with zero attached hydrogens (tertiary/aromatic N) is 1. The van der Waals surface area contributed by atoms with Gasteiger partial charge in [0, 0.05) is 29.3 Å². The molecule has 0 saturated heterocycles. The van der Waals surface area contributed by atoms with Gasteiger partial charge in [-0.15, -0.1) is 0 Å². The van der Waals surface area contributed by atoms with E-state index in [1.165, 1.54) is 0 Å². The Morgan fingerprint density at radius 1 is 1.07 bits per heavy atom. The molecule has 0 spiro atoms. The number of esters is 1. The standard InChI is InChI=1S/C25H25NO3/c1-16-8-6-11-19(14-16)23-22(25(28)29-15-18-9-4-3-5-10-18)17(2)26-20-12-7-13-21(27)24(20)23/h3-6,8-11,14,22-23H,7,12-13,15H2,1-2H3/t22-,23-/m1/s1. The van der Waals surface area contributed by atoms with Crippen molar-refractivity contribution >= 4 is 17.5 Å². The van der Waals surface area contributed by atoms with Crippen molar-refractivity contribution in [2.24, 2.45) is 10.9 Å². The predicted octanol–water partition coefficient (Wildman–Crippen LogP) is 4.92. The van der Waals surface area contributed by atoms with Gasteiger partial charge >= 0.3 is 5.97 Å². The molecule has 4 rings (SSSR count). The summed E-state index contributed by atoms with van der Waals surface area (Å²) < 4.78 is 5.68. The third-order valence-electron chi connectivity index (χ3n) is 5.71. The number of aliphatic imine (C=N–C) groups is 1. The highest BCUT2D eigenvalue weighted by atomic mass is 16.5. The molecule has 0 N–H and O–H groups in total. The summed E-state index contributed by atoms with van der Waals surface area (Å²) in [6.45, 7) is 4.11. The van der Waals surface area contributed by atoms with E-state index in [0.717, 1.165) is 40.9 Å². The monoisotopic (exact) mass is 387 g/mol. The van der Waals surface area contributed by atoms with Crippen LogP contribution in [0.1, 0.15) is 48.8 Å². The molecule has 1 aliphatic carbocycles. The highest BCUT2D eigenvalue weighted by molar-refractivity contribution is 6.08. The number of Topliss-reactive ketones (excluding diaryl/α,β-unsaturated/α-hetero) is 1. The van der Waals surface area contributed by atoms with E-state index in [0.29, 0.717) is 12.0 Å². The minimum Gasteiger partial charge on any atom is -0.460 e. The van der Waals surface area contributed by atoms with E-state index in [1.807, 2.05) is 62.4 Å². The van der Waals surface area contributed by atoms with E-state index in [9.17, 15) is 9.59 Å². The van der Waals surface area contributed by atoms with Crippen LogP contribution in [-0.4, -0.2) is 17.5 Å². The Balaban J connectivity index is 1.70. The molecule has 1 aliphatic heterocycles. The van der Waals surface area contributed by atoms with Crippen molar-refractivity contribution in [2.75, 3.05) is 0 Å². The molecule has 0 unspecified atom stereocenters. The first-order valence-electron chi connectivity index (χ1n) is 10.1. The molecule has 0 amide bonds. The van der Waals surface area contributed by atoms with Crippen molar-refractivity contribution in [3.63, 3.8) is 0 Å². The van der Waals surface area contributed by atoms with Crippen molar-refractivity contribution in [3.8, 4) is 0 Å². The van der Waals surface area contributed by atoms with E-state index < -0.39 is 5.92 Å². The Bertz CT molecular complexity index is 1000. The Labute approximate surface area is 171 Å². The van der Waals surface area contributed by atoms with Crippen LogP contribution >= 0.6 is 0 Å². The molecule has 148 valence electrons. The Hall–Kier alpha value is -3.01. The zero-order valence-electron chi connectivity index (χ0n) is 16.9. The molecule has 0 saturated carbocycles. The molecule has 2 aromatic carbocycles. The molecule has 4 heteroatoms. The van der Waals surface area contributed by atoms with Crippen molar-refractivity contribution in [1.82, 2.24) is 0 Å². The second kappa shape index (κ2) is 8.16. The SMILES string of the molecule is CC1=NC2=C(C(=O)CCC2)[C@H](c2cccc(C)c2)[C@@H]1C(=O)OCc1ccccc1. The van der Waals surface area contributed by atoms with Crippen LogP contribution < -0.4 is 0 Å². The lowest BCUT2D eigenvalue weighted by atomic mass is 9.71. The smallest absolute Gasteiger partial charge is 0.315 e. The summed E-state index contributed by atoms with van der Waals surface area (Å²) in [4.78, 5) is 30.8. The van der Waals surface area contributed by atoms with E-state index in [1.54, 1.807) is 0 Å². The fourth-order valence-electron chi connectivity index (χ4n) is 4.35. The fraction of sp³-hybridized carbons (Fsp3) is 0.320. The number of rotatable bonds is 4. The van der Waals surface area contributed by atoms with Gasteiger partial charge in [-0.3, -0.25) is 14.6 Å². The predicted molar refractivity (Wildman–Crippen MR) is 113 cm³/mol. The first-order chi connectivity index (χ1) is 14.0. The number of benzene rings is 2. The number of carbonyl (C=O) groups is 2. The van der Waals surface area contributed by atoms with Crippen LogP contribution in [0.15, 0.2) is 70.9 Å². The van der Waals surface area contributed by atoms with Gasteiger partial charge in [0.2, 0.25) is 0 Å². The van der Waals surface area contributed by atoms with Crippen LogP contribution in [0.2, 0.25) is 0 Å². The summed E-state index contributed by atoms with van der Waals surface area (Å²) in [6.07, 6.45) is 2.12. The van der Waals surface area contributed by atoms with Gasteiger partial charge in [-0.25, -0.2) is 0 Å². The highest BCUT2D eigenvalue weighted by Crippen LogP contribution is 2.43. The number of hydrogen-bond donors (Lipinski definition) is 0. The molecule has 0 aromatic heterocycles. The van der Waals surface area contributed by atoms with E-state index >= 15 is 0 Å². The topological polar surface area (TPSA) is 55.7 Å². The maximum atomic E-state index is 13.2. The van der Waals surface area contributed by atoms with E-state index in [4.69, 9.17) is 4.74 Å². The summed E-state index contributed by atoms with van der Waals surface area (Å²) in [5, 5.41) is 0. The van der Waals surface area contributed by atoms with E-state index in [-0.39, 0.29) is 24.3 Å². The molecule has 29 heavy (non-hydrogen) atoms. The minimum absolute atomic E-state index is 0.106. The largest absolute Gasteiger partial charge is 0.460 e. The summed E-state index contributed by atoms with van der Waals surface area (Å²) in [6, 6.07) is 17.7. The number of hydrogen-bond acceptors (Lipinski definition) is 4. The van der Waals surface area contributed by atoms with E-state index in [2.05, 4.69) is 11.1 Å². The van der Waals surface area contributed by atoms with Crippen molar-refractivity contribution < 1.29 is 14.3 Å². The molecule has 1 heterocycles. The van der Waals surface area contributed by atoms with Crippen LogP contribution in [-0.2, 0) is 20.9 Å². The molecule has 0 bridgehead atoms. The Morgan fingerprint density at radius 3 is 2.62 bits per heavy atom. The Morgan fingerprint density at radius 2 is 1.86 bits per heavy atom. The number of ether oxygens (including phenoxy) is 1. The van der Waals surface area contributed by atoms with Gasteiger partial charge in [0.1, 0.15) is 12.5 Å². The van der Waals surface area contributed by atoms with Gasteiger partial charge in [-0.05, 0) is 37.8 Å². The first kappa shape index (κ1) is 19.3. The minimum atomic E-state index is -0.582. The number of ketones is 1. The maximum Gasteiger partial charge on any atom is 0.315 e. The second-order valence-electron chi connectivity index (χ2n) is 7.85. The molecule has 2 aromatic rings. The third kappa shape index (κ3) is 3.93. The molecule has 0 fully saturated rings. The molecule has 4 nitrogen and oxygen atoms in total. The van der Waals surface area contributed by atoms with Gasteiger partial charge < -0.3 is 4.74 Å². The molecule has 2 aliphatic rings. The lowest BCUT2D eigenvalue weighted by Crippen LogP contribution is -2.37. The Kier molecular flexibility index (Phi) is 5.43. The summed E-state index contributed by atoms with van der Waals surface area (Å²) >= 11 is 0. The average Bonchev–Trinajstić information content (AvgIpc) is 2.72. The summed E-state index contributed by atoms with van der Waals surface area (Å²) in [7, 11) is 0. The molecule has 2 atom stereocenters. The van der Waals surface area contributed by atoms with Gasteiger partial charge in [0.15, 0.2) is 5.78 Å². The summed E-state index contributed by atoms with van der Waals surface area (Å²) in [5.74, 6) is -1.14. The van der Waals surface area contributed by atoms with Crippen molar-refractivity contribution in [2.45, 2.75) is 45.6 Å². The van der Waals surface area contributed by atoms with Crippen LogP contribution in [0.5, 0.6) is 0 Å². The van der Waals surface area contributed by atoms with Gasteiger partial charge in [0.05, 0.1) is 0 Å². The molecular weight excluding hydrogens is 362 g/mol. The van der Waals surface area contributed by atoms with Gasteiger partial charge in [-0.1, -0.05) is 60.2 Å². The average molecular weight is 387 g/mol. The lowest BCUT2D eigenvalue weighted by molar-refractivity contribution is -0.148. The van der Waals surface area contributed by atoms with Crippen LogP contribution in [0.25, 0.3) is 0 Å². The van der Waals surface area contributed by atoms with Gasteiger partial charge in [0.25, 0.3) is 0 Å². The van der Waals surface area contributed by atoms with Gasteiger partial charge in [-0.2, -0.15) is 0 Å². The maximum absolute atomic E-state index is 13.2. The number of carbonyl (C=O) groups excluding carboxylic acids is 2. The highest BCUT2D eigenvalue weighted by Gasteiger charge is 2.43. The normalized spacial score (nSPS) is 21.4. The van der Waals surface area contributed by atoms with Crippen LogP contribution in [0.3, 0.4) is 0 Å². The second-order valence-corrected chi connectivity index (χ2v) is 7.85. The summed E-state index contributed by atoms with van der Waals surface area (Å²) in [5.41, 5.74) is 5.29. The van der Waals surface area contributed by atoms with Crippen LogP contribution in [0.4, 0.5) is 0 Å². The fourth-order valence-corrected chi connectivity index (χ4v) is 4.35.